The summed E-state index contributed by atoms with van der Waals surface area (Å²) in [6, 6.07) is 25.7. The van der Waals surface area contributed by atoms with Crippen LogP contribution in [0, 0.1) is 0 Å². The minimum Gasteiger partial charge on any atom is -0.327 e. The molecule has 0 spiro atoms. The van der Waals surface area contributed by atoms with Crippen LogP contribution in [0.25, 0.3) is 33.1 Å². The molecule has 3 heterocycles. The van der Waals surface area contributed by atoms with E-state index in [0.717, 1.165) is 112 Å². The maximum absolute atomic E-state index is 5.19. The molecule has 7 heteroatoms. The first-order chi connectivity index (χ1) is 21.2. The number of aromatic nitrogens is 6. The maximum atomic E-state index is 5.19. The smallest absolute Gasteiger partial charge is 0.124 e. The lowest BCUT2D eigenvalue weighted by molar-refractivity contribution is 0.220. The zero-order valence-corrected chi connectivity index (χ0v) is 26.0. The molecule has 6 rings (SSSR count). The number of aryl methyl sites for hydroxylation is 3. The summed E-state index contributed by atoms with van der Waals surface area (Å²) in [4.78, 5) is 18.1. The molecule has 0 saturated carbocycles. The number of nitrogens with zero attached hydrogens (tertiary/aromatic N) is 7. The van der Waals surface area contributed by atoms with Crippen molar-refractivity contribution in [1.82, 2.24) is 33.6 Å². The van der Waals surface area contributed by atoms with Crippen LogP contribution in [0.15, 0.2) is 72.8 Å². The van der Waals surface area contributed by atoms with Crippen molar-refractivity contribution in [2.24, 2.45) is 0 Å². The van der Waals surface area contributed by atoms with Gasteiger partial charge >= 0.3 is 0 Å². The summed E-state index contributed by atoms with van der Waals surface area (Å²) in [5.41, 5.74) is 6.86. The third kappa shape index (κ3) is 6.23. The molecule has 0 bridgehead atoms. The summed E-state index contributed by atoms with van der Waals surface area (Å²) in [6.07, 6.45) is 6.85. The number of hydrogen-bond donors (Lipinski definition) is 0. The zero-order valence-electron chi connectivity index (χ0n) is 26.0. The van der Waals surface area contributed by atoms with Crippen LogP contribution in [0.4, 0.5) is 0 Å². The highest BCUT2D eigenvalue weighted by Crippen LogP contribution is 2.24. The first kappa shape index (κ1) is 29.1. The van der Waals surface area contributed by atoms with E-state index >= 15 is 0 Å². The normalized spacial score (nSPS) is 12.0. The Labute approximate surface area is 255 Å². The molecule has 0 atom stereocenters. The summed E-state index contributed by atoms with van der Waals surface area (Å²) in [5.74, 6) is 3.34. The van der Waals surface area contributed by atoms with Gasteiger partial charge in [-0.15, -0.1) is 0 Å². The van der Waals surface area contributed by atoms with Gasteiger partial charge in [0.1, 0.15) is 17.5 Å². The predicted octanol–water partition coefficient (Wildman–Crippen LogP) is 8.34. The molecular formula is C36H45N7. The lowest BCUT2D eigenvalue weighted by Gasteiger charge is -2.23. The van der Waals surface area contributed by atoms with Crippen LogP contribution in [0.2, 0.25) is 0 Å². The number of benzene rings is 3. The zero-order chi connectivity index (χ0) is 29.6. The van der Waals surface area contributed by atoms with Crippen molar-refractivity contribution in [2.45, 2.75) is 98.6 Å². The minimum atomic E-state index is 0.729. The number of fused-ring (bicyclic) bond motifs is 3. The third-order valence-corrected chi connectivity index (χ3v) is 8.50. The summed E-state index contributed by atoms with van der Waals surface area (Å²) < 4.78 is 7.31. The Morgan fingerprint density at radius 3 is 1.07 bits per heavy atom. The van der Waals surface area contributed by atoms with Crippen LogP contribution in [-0.4, -0.2) is 33.6 Å². The number of hydrogen-bond acceptors (Lipinski definition) is 4. The topological polar surface area (TPSA) is 56.7 Å². The predicted molar refractivity (Wildman–Crippen MR) is 177 cm³/mol. The fraction of sp³-hybridized carbons (Fsp3) is 0.417. The summed E-state index contributed by atoms with van der Waals surface area (Å²) in [5, 5.41) is 0. The molecule has 0 aliphatic heterocycles. The number of para-hydroxylation sites is 6. The Bertz CT molecular complexity index is 1580. The van der Waals surface area contributed by atoms with Crippen molar-refractivity contribution in [3.63, 3.8) is 0 Å². The molecule has 0 aliphatic carbocycles. The molecule has 43 heavy (non-hydrogen) atoms. The lowest BCUT2D eigenvalue weighted by atomic mass is 10.3. The van der Waals surface area contributed by atoms with Gasteiger partial charge in [-0.1, -0.05) is 76.4 Å². The van der Waals surface area contributed by atoms with E-state index in [4.69, 9.17) is 15.0 Å². The van der Waals surface area contributed by atoms with E-state index in [1.165, 1.54) is 16.6 Å². The Hall–Kier alpha value is -3.97. The van der Waals surface area contributed by atoms with E-state index in [0.29, 0.717) is 0 Å². The maximum Gasteiger partial charge on any atom is 0.124 e. The first-order valence-electron chi connectivity index (χ1n) is 16.2. The van der Waals surface area contributed by atoms with Crippen molar-refractivity contribution in [1.29, 1.82) is 0 Å². The van der Waals surface area contributed by atoms with Gasteiger partial charge in [-0.05, 0) is 55.7 Å². The average Bonchev–Trinajstić information content (AvgIpc) is 3.68. The van der Waals surface area contributed by atoms with E-state index in [-0.39, 0.29) is 0 Å². The van der Waals surface area contributed by atoms with Gasteiger partial charge in [0, 0.05) is 19.6 Å². The van der Waals surface area contributed by atoms with Gasteiger partial charge in [0.15, 0.2) is 0 Å². The van der Waals surface area contributed by atoms with E-state index in [1.54, 1.807) is 0 Å². The van der Waals surface area contributed by atoms with Crippen LogP contribution in [0.5, 0.6) is 0 Å². The van der Waals surface area contributed by atoms with Crippen LogP contribution < -0.4 is 0 Å². The summed E-state index contributed by atoms with van der Waals surface area (Å²) in [7, 11) is 0. The molecule has 0 saturated heterocycles. The van der Waals surface area contributed by atoms with E-state index < -0.39 is 0 Å². The Morgan fingerprint density at radius 2 is 0.767 bits per heavy atom. The molecule has 6 aromatic rings. The van der Waals surface area contributed by atoms with Gasteiger partial charge in [-0.25, -0.2) is 15.0 Å². The highest BCUT2D eigenvalue weighted by Gasteiger charge is 2.21. The first-order valence-corrected chi connectivity index (χ1v) is 16.2. The van der Waals surface area contributed by atoms with Gasteiger partial charge in [-0.2, -0.15) is 0 Å². The molecule has 3 aromatic carbocycles. The quantitative estimate of drug-likeness (QED) is 0.123. The molecule has 0 radical (unpaired) electrons. The molecule has 0 fully saturated rings. The molecule has 7 nitrogen and oxygen atoms in total. The van der Waals surface area contributed by atoms with Crippen molar-refractivity contribution < 1.29 is 0 Å². The van der Waals surface area contributed by atoms with Crippen LogP contribution in [-0.2, 0) is 39.3 Å². The van der Waals surface area contributed by atoms with Crippen molar-refractivity contribution in [3.05, 3.63) is 90.3 Å². The van der Waals surface area contributed by atoms with Crippen molar-refractivity contribution >= 4 is 33.1 Å². The fourth-order valence-electron chi connectivity index (χ4n) is 6.20. The van der Waals surface area contributed by atoms with Crippen LogP contribution >= 0.6 is 0 Å². The number of imidazole rings is 3. The van der Waals surface area contributed by atoms with Gasteiger partial charge in [-0.3, -0.25) is 4.90 Å². The number of unbranched alkanes of at least 4 members (excludes halogenated alkanes) is 3. The van der Waals surface area contributed by atoms with Gasteiger partial charge in [0.05, 0.1) is 52.7 Å². The van der Waals surface area contributed by atoms with Crippen molar-refractivity contribution in [2.75, 3.05) is 0 Å². The molecule has 0 N–H and O–H groups in total. The van der Waals surface area contributed by atoms with E-state index in [2.05, 4.69) is 112 Å². The molecule has 0 aliphatic rings. The summed E-state index contributed by atoms with van der Waals surface area (Å²) >= 11 is 0. The van der Waals surface area contributed by atoms with E-state index in [1.807, 2.05) is 0 Å². The Kier molecular flexibility index (Phi) is 9.18. The number of rotatable bonds is 15. The summed E-state index contributed by atoms with van der Waals surface area (Å²) in [6.45, 7) is 11.9. The van der Waals surface area contributed by atoms with Gasteiger partial charge in [0.25, 0.3) is 0 Å². The van der Waals surface area contributed by atoms with E-state index in [9.17, 15) is 0 Å². The Morgan fingerprint density at radius 1 is 0.465 bits per heavy atom. The Balaban J connectivity index is 1.42. The standard InChI is InChI=1S/C36H45N7/c1-4-7-22-41-31-19-13-10-16-28(31)37-34(41)25-40(26-35-38-29-17-11-14-20-32(29)42(35)23-8-5-2)27-36-39-30-18-12-15-21-33(30)43(36)24-9-6-3/h10-21H,4-9,22-27H2,1-3H3. The molecular weight excluding hydrogens is 530 g/mol. The van der Waals surface area contributed by atoms with Gasteiger partial charge in [0.2, 0.25) is 0 Å². The van der Waals surface area contributed by atoms with Gasteiger partial charge < -0.3 is 13.7 Å². The highest BCUT2D eigenvalue weighted by molar-refractivity contribution is 5.77. The largest absolute Gasteiger partial charge is 0.327 e. The van der Waals surface area contributed by atoms with Crippen LogP contribution in [0.1, 0.15) is 76.8 Å². The second kappa shape index (κ2) is 13.6. The second-order valence-corrected chi connectivity index (χ2v) is 11.7. The van der Waals surface area contributed by atoms with Crippen LogP contribution in [0.3, 0.4) is 0 Å². The van der Waals surface area contributed by atoms with Crippen molar-refractivity contribution in [3.8, 4) is 0 Å². The fourth-order valence-corrected chi connectivity index (χ4v) is 6.20. The monoisotopic (exact) mass is 575 g/mol. The third-order valence-electron chi connectivity index (χ3n) is 8.50. The molecule has 3 aromatic heterocycles. The molecule has 0 amide bonds. The second-order valence-electron chi connectivity index (χ2n) is 11.7. The SMILES string of the molecule is CCCCn1c(CN(Cc2nc3ccccc3n2CCCC)Cc2nc3ccccc3n2CCCC)nc2ccccc21. The average molecular weight is 576 g/mol. The highest BCUT2D eigenvalue weighted by atomic mass is 15.2. The minimum absolute atomic E-state index is 0.729. The lowest BCUT2D eigenvalue weighted by Crippen LogP contribution is -2.28. The molecule has 224 valence electrons. The molecule has 0 unspecified atom stereocenters.